The highest BCUT2D eigenvalue weighted by Gasteiger charge is 2.37. The number of aliphatic carboxylic acids is 1. The highest BCUT2D eigenvalue weighted by Crippen LogP contribution is 2.37. The number of nitrogens with zero attached hydrogens (tertiary/aromatic N) is 1. The van der Waals surface area contributed by atoms with Crippen molar-refractivity contribution in [3.05, 3.63) is 0 Å². The first kappa shape index (κ1) is 14.2. The molecule has 2 amide bonds. The van der Waals surface area contributed by atoms with Crippen LogP contribution in [0.5, 0.6) is 0 Å². The van der Waals surface area contributed by atoms with Crippen LogP contribution < -0.4 is 5.32 Å². The minimum Gasteiger partial charge on any atom is -0.481 e. The number of carboxylic acid groups (broad SMARTS) is 1. The molecular formula is C14H24N2O3. The van der Waals surface area contributed by atoms with E-state index in [1.807, 2.05) is 4.90 Å². The summed E-state index contributed by atoms with van der Waals surface area (Å²) >= 11 is 0. The van der Waals surface area contributed by atoms with Gasteiger partial charge in [-0.15, -0.1) is 0 Å². The first-order valence-corrected chi connectivity index (χ1v) is 7.33. The second-order valence-electron chi connectivity index (χ2n) is 5.97. The molecule has 1 saturated heterocycles. The van der Waals surface area contributed by atoms with Crippen LogP contribution in [0.1, 0.15) is 39.0 Å². The van der Waals surface area contributed by atoms with Crippen LogP contribution in [-0.2, 0) is 4.79 Å². The topological polar surface area (TPSA) is 69.6 Å². The van der Waals surface area contributed by atoms with Gasteiger partial charge in [-0.1, -0.05) is 13.3 Å². The average Bonchev–Trinajstić information content (AvgIpc) is 2.94. The van der Waals surface area contributed by atoms with E-state index in [2.05, 4.69) is 5.32 Å². The maximum absolute atomic E-state index is 12.0. The number of urea groups is 1. The number of carbonyl (C=O) groups excluding carboxylic acids is 1. The van der Waals surface area contributed by atoms with Gasteiger partial charge in [0.15, 0.2) is 0 Å². The summed E-state index contributed by atoms with van der Waals surface area (Å²) in [4.78, 5) is 24.5. The van der Waals surface area contributed by atoms with Crippen molar-refractivity contribution in [2.45, 2.75) is 39.0 Å². The lowest BCUT2D eigenvalue weighted by atomic mass is 10.0. The van der Waals surface area contributed by atoms with Gasteiger partial charge in [-0.3, -0.25) is 4.79 Å². The van der Waals surface area contributed by atoms with Crippen LogP contribution >= 0.6 is 0 Å². The van der Waals surface area contributed by atoms with Gasteiger partial charge in [-0.25, -0.2) is 4.79 Å². The van der Waals surface area contributed by atoms with Gasteiger partial charge in [0.05, 0.1) is 5.92 Å². The molecule has 0 aromatic carbocycles. The molecule has 0 spiro atoms. The van der Waals surface area contributed by atoms with E-state index >= 15 is 0 Å². The van der Waals surface area contributed by atoms with Crippen molar-refractivity contribution < 1.29 is 14.7 Å². The minimum absolute atomic E-state index is 0.0254. The lowest BCUT2D eigenvalue weighted by Gasteiger charge is -2.18. The van der Waals surface area contributed by atoms with Gasteiger partial charge < -0.3 is 15.3 Å². The largest absolute Gasteiger partial charge is 0.481 e. The molecule has 5 heteroatoms. The van der Waals surface area contributed by atoms with Crippen LogP contribution in [0.4, 0.5) is 4.79 Å². The summed E-state index contributed by atoms with van der Waals surface area (Å²) in [6.07, 6.45) is 5.19. The normalized spacial score (nSPS) is 27.1. The van der Waals surface area contributed by atoms with E-state index in [0.717, 1.165) is 31.3 Å². The summed E-state index contributed by atoms with van der Waals surface area (Å²) in [5, 5.41) is 11.7. The predicted octanol–water partition coefficient (Wildman–Crippen LogP) is 1.93. The summed E-state index contributed by atoms with van der Waals surface area (Å²) in [7, 11) is 0. The van der Waals surface area contributed by atoms with E-state index in [1.165, 1.54) is 19.3 Å². The van der Waals surface area contributed by atoms with Gasteiger partial charge in [0.1, 0.15) is 0 Å². The smallest absolute Gasteiger partial charge is 0.317 e. The SMILES string of the molecule is CC(CCCNC(=O)N1CC2CCCC2C1)C(=O)O. The summed E-state index contributed by atoms with van der Waals surface area (Å²) in [5.41, 5.74) is 0. The summed E-state index contributed by atoms with van der Waals surface area (Å²) < 4.78 is 0. The highest BCUT2D eigenvalue weighted by molar-refractivity contribution is 5.74. The van der Waals surface area contributed by atoms with Gasteiger partial charge in [-0.2, -0.15) is 0 Å². The molecule has 2 fully saturated rings. The molecule has 0 bridgehead atoms. The number of carbonyl (C=O) groups is 2. The maximum Gasteiger partial charge on any atom is 0.317 e. The Bertz CT molecular complexity index is 334. The minimum atomic E-state index is -0.765. The van der Waals surface area contributed by atoms with E-state index in [4.69, 9.17) is 5.11 Å². The predicted molar refractivity (Wildman–Crippen MR) is 71.8 cm³/mol. The first-order valence-electron chi connectivity index (χ1n) is 7.33. The molecule has 3 atom stereocenters. The lowest BCUT2D eigenvalue weighted by Crippen LogP contribution is -2.39. The Morgan fingerprint density at radius 1 is 1.32 bits per heavy atom. The zero-order chi connectivity index (χ0) is 13.8. The third-order valence-corrected chi connectivity index (χ3v) is 4.53. The Morgan fingerprint density at radius 3 is 2.53 bits per heavy atom. The van der Waals surface area contributed by atoms with E-state index in [0.29, 0.717) is 13.0 Å². The first-order chi connectivity index (χ1) is 9.08. The van der Waals surface area contributed by atoms with Crippen molar-refractivity contribution in [1.29, 1.82) is 0 Å². The molecule has 0 radical (unpaired) electrons. The van der Waals surface area contributed by atoms with Crippen molar-refractivity contribution in [2.75, 3.05) is 19.6 Å². The molecule has 5 nitrogen and oxygen atoms in total. The fraction of sp³-hybridized carbons (Fsp3) is 0.857. The third-order valence-electron chi connectivity index (χ3n) is 4.53. The maximum atomic E-state index is 12.0. The Kier molecular flexibility index (Phi) is 4.66. The van der Waals surface area contributed by atoms with Crippen LogP contribution in [-0.4, -0.2) is 41.6 Å². The number of rotatable bonds is 5. The molecule has 3 unspecified atom stereocenters. The van der Waals surface area contributed by atoms with Crippen molar-refractivity contribution in [3.8, 4) is 0 Å². The van der Waals surface area contributed by atoms with Crippen LogP contribution in [0.25, 0.3) is 0 Å². The van der Waals surface area contributed by atoms with Crippen LogP contribution in [0.15, 0.2) is 0 Å². The Labute approximate surface area is 114 Å². The third kappa shape index (κ3) is 3.61. The van der Waals surface area contributed by atoms with Crippen LogP contribution in [0, 0.1) is 17.8 Å². The quantitative estimate of drug-likeness (QED) is 0.748. The highest BCUT2D eigenvalue weighted by atomic mass is 16.4. The fourth-order valence-electron chi connectivity index (χ4n) is 3.24. The number of fused-ring (bicyclic) bond motifs is 1. The summed E-state index contributed by atoms with van der Waals surface area (Å²) in [6.45, 7) is 4.08. The Balaban J connectivity index is 1.61. The van der Waals surface area contributed by atoms with Crippen molar-refractivity contribution in [3.63, 3.8) is 0 Å². The molecule has 2 rings (SSSR count). The molecule has 1 heterocycles. The molecule has 0 aromatic rings. The van der Waals surface area contributed by atoms with Crippen LogP contribution in [0.3, 0.4) is 0 Å². The summed E-state index contributed by atoms with van der Waals surface area (Å²) in [5.74, 6) is 0.345. The van der Waals surface area contributed by atoms with Gasteiger partial charge in [0, 0.05) is 19.6 Å². The van der Waals surface area contributed by atoms with Crippen molar-refractivity contribution in [1.82, 2.24) is 10.2 Å². The van der Waals surface area contributed by atoms with Gasteiger partial charge in [0.2, 0.25) is 0 Å². The summed E-state index contributed by atoms with van der Waals surface area (Å²) in [6, 6.07) is 0.0254. The van der Waals surface area contributed by atoms with E-state index in [1.54, 1.807) is 6.92 Å². The number of likely N-dealkylation sites (tertiary alicyclic amines) is 1. The Morgan fingerprint density at radius 2 is 1.95 bits per heavy atom. The second kappa shape index (κ2) is 6.26. The molecule has 1 saturated carbocycles. The number of hydrogen-bond acceptors (Lipinski definition) is 2. The second-order valence-corrected chi connectivity index (χ2v) is 5.97. The van der Waals surface area contributed by atoms with Crippen molar-refractivity contribution in [2.24, 2.45) is 17.8 Å². The lowest BCUT2D eigenvalue weighted by molar-refractivity contribution is -0.141. The van der Waals surface area contributed by atoms with E-state index < -0.39 is 5.97 Å². The zero-order valence-corrected chi connectivity index (χ0v) is 11.6. The zero-order valence-electron chi connectivity index (χ0n) is 11.6. The molecule has 2 N–H and O–H groups in total. The standard InChI is InChI=1S/C14H24N2O3/c1-10(13(17)18)4-3-7-15-14(19)16-8-11-5-2-6-12(11)9-16/h10-12H,2-9H2,1H3,(H,15,19)(H,17,18). The Hall–Kier alpha value is -1.26. The molecule has 2 aliphatic rings. The van der Waals surface area contributed by atoms with Crippen LogP contribution in [0.2, 0.25) is 0 Å². The van der Waals surface area contributed by atoms with E-state index in [9.17, 15) is 9.59 Å². The van der Waals surface area contributed by atoms with Crippen molar-refractivity contribution >= 4 is 12.0 Å². The number of amides is 2. The monoisotopic (exact) mass is 268 g/mol. The number of carboxylic acids is 1. The molecule has 108 valence electrons. The number of hydrogen-bond donors (Lipinski definition) is 2. The molecule has 19 heavy (non-hydrogen) atoms. The number of nitrogens with one attached hydrogen (secondary N) is 1. The molecule has 0 aromatic heterocycles. The molecular weight excluding hydrogens is 244 g/mol. The fourth-order valence-corrected chi connectivity index (χ4v) is 3.24. The van der Waals surface area contributed by atoms with Gasteiger partial charge >= 0.3 is 12.0 Å². The van der Waals surface area contributed by atoms with Gasteiger partial charge in [-0.05, 0) is 37.5 Å². The molecule has 1 aliphatic heterocycles. The van der Waals surface area contributed by atoms with E-state index in [-0.39, 0.29) is 11.9 Å². The molecule has 1 aliphatic carbocycles. The average molecular weight is 268 g/mol. The van der Waals surface area contributed by atoms with Gasteiger partial charge in [0.25, 0.3) is 0 Å².